The Kier molecular flexibility index (Phi) is 3.85. The van der Waals surface area contributed by atoms with E-state index in [1.807, 2.05) is 0 Å². The molecule has 0 aromatic heterocycles. The number of amides is 1. The van der Waals surface area contributed by atoms with Crippen LogP contribution in [-0.2, 0) is 9.53 Å². The van der Waals surface area contributed by atoms with E-state index in [0.29, 0.717) is 0 Å². The van der Waals surface area contributed by atoms with Crippen LogP contribution in [0.1, 0.15) is 29.6 Å². The number of methoxy groups -OCH3 is 1. The van der Waals surface area contributed by atoms with Gasteiger partial charge in [-0.25, -0.2) is 8.78 Å². The summed E-state index contributed by atoms with van der Waals surface area (Å²) in [5.74, 6) is -3.29. The van der Waals surface area contributed by atoms with Crippen molar-refractivity contribution in [3.05, 3.63) is 35.4 Å². The van der Waals surface area contributed by atoms with Crippen molar-refractivity contribution in [2.24, 2.45) is 17.8 Å². The minimum atomic E-state index is -1.17. The second-order valence-electron chi connectivity index (χ2n) is 5.98. The zero-order valence-corrected chi connectivity index (χ0v) is 12.1. The van der Waals surface area contributed by atoms with Gasteiger partial charge in [0.2, 0.25) is 0 Å². The summed E-state index contributed by atoms with van der Waals surface area (Å²) >= 11 is 0. The first kappa shape index (κ1) is 14.9. The molecule has 2 bridgehead atoms. The van der Waals surface area contributed by atoms with Crippen molar-refractivity contribution in [3.8, 4) is 0 Å². The van der Waals surface area contributed by atoms with Crippen molar-refractivity contribution >= 4 is 11.9 Å². The van der Waals surface area contributed by atoms with Crippen LogP contribution in [0.4, 0.5) is 8.78 Å². The lowest BCUT2D eigenvalue weighted by molar-refractivity contribution is -0.148. The molecule has 4 nitrogen and oxygen atoms in total. The Morgan fingerprint density at radius 2 is 1.95 bits per heavy atom. The number of carbonyl (C=O) groups excluding carboxylic acids is 2. The summed E-state index contributed by atoms with van der Waals surface area (Å²) in [7, 11) is 1.32. The van der Waals surface area contributed by atoms with Gasteiger partial charge >= 0.3 is 5.97 Å². The van der Waals surface area contributed by atoms with Gasteiger partial charge in [-0.3, -0.25) is 9.59 Å². The summed E-state index contributed by atoms with van der Waals surface area (Å²) in [4.78, 5) is 24.2. The highest BCUT2D eigenvalue weighted by Gasteiger charge is 2.52. The number of halogens is 2. The first-order valence-corrected chi connectivity index (χ1v) is 7.35. The number of hydrogen-bond acceptors (Lipinski definition) is 3. The third kappa shape index (κ3) is 2.36. The first-order chi connectivity index (χ1) is 10.5. The number of nitrogens with one attached hydrogen (secondary N) is 1. The molecule has 6 heteroatoms. The summed E-state index contributed by atoms with van der Waals surface area (Å²) in [6.45, 7) is 0. The molecule has 22 heavy (non-hydrogen) atoms. The van der Waals surface area contributed by atoms with Gasteiger partial charge in [0.1, 0.15) is 0 Å². The van der Waals surface area contributed by atoms with Crippen molar-refractivity contribution < 1.29 is 23.1 Å². The number of hydrogen-bond donors (Lipinski definition) is 1. The van der Waals surface area contributed by atoms with Gasteiger partial charge in [0, 0.05) is 6.04 Å². The Hall–Kier alpha value is -1.98. The van der Waals surface area contributed by atoms with Crippen LogP contribution < -0.4 is 5.32 Å². The van der Waals surface area contributed by atoms with E-state index in [1.165, 1.54) is 19.2 Å². The van der Waals surface area contributed by atoms with E-state index in [2.05, 4.69) is 5.32 Å². The molecular weight excluding hydrogens is 292 g/mol. The molecule has 2 aliphatic carbocycles. The molecule has 0 aliphatic heterocycles. The van der Waals surface area contributed by atoms with Crippen LogP contribution in [0.3, 0.4) is 0 Å². The topological polar surface area (TPSA) is 55.4 Å². The van der Waals surface area contributed by atoms with E-state index < -0.39 is 23.5 Å². The Morgan fingerprint density at radius 3 is 2.68 bits per heavy atom. The summed E-state index contributed by atoms with van der Waals surface area (Å²) in [6, 6.07) is 3.10. The van der Waals surface area contributed by atoms with E-state index >= 15 is 0 Å². The van der Waals surface area contributed by atoms with Crippen LogP contribution in [0, 0.1) is 29.4 Å². The molecule has 2 saturated carbocycles. The predicted octanol–water partition coefficient (Wildman–Crippen LogP) is 2.28. The number of esters is 1. The standard InChI is InChI=1S/C16H17F2NO3/c1-22-16(21)12-8-5-6-9(7-8)14(12)19-15(20)10-3-2-4-11(17)13(10)18/h2-4,8-9,12,14H,5-7H2,1H3,(H,19,20)/t8-,9-,12+,14-/m0/s1. The zero-order valence-electron chi connectivity index (χ0n) is 12.1. The van der Waals surface area contributed by atoms with Crippen LogP contribution in [0.25, 0.3) is 0 Å². The molecule has 0 unspecified atom stereocenters. The minimum Gasteiger partial charge on any atom is -0.469 e. The predicted molar refractivity (Wildman–Crippen MR) is 73.9 cm³/mol. The number of ether oxygens (including phenoxy) is 1. The summed E-state index contributed by atoms with van der Waals surface area (Å²) in [6.07, 6.45) is 2.72. The van der Waals surface area contributed by atoms with E-state index in [9.17, 15) is 18.4 Å². The molecule has 1 aromatic carbocycles. The van der Waals surface area contributed by atoms with Crippen LogP contribution in [-0.4, -0.2) is 25.0 Å². The van der Waals surface area contributed by atoms with Gasteiger partial charge in [-0.15, -0.1) is 0 Å². The molecule has 0 heterocycles. The second kappa shape index (κ2) is 5.66. The van der Waals surface area contributed by atoms with Crippen molar-refractivity contribution in [3.63, 3.8) is 0 Å². The molecule has 1 amide bonds. The Bertz CT molecular complexity index is 619. The van der Waals surface area contributed by atoms with Gasteiger partial charge in [0.25, 0.3) is 5.91 Å². The molecule has 0 saturated heterocycles. The van der Waals surface area contributed by atoms with Crippen LogP contribution >= 0.6 is 0 Å². The van der Waals surface area contributed by atoms with Crippen molar-refractivity contribution in [2.45, 2.75) is 25.3 Å². The fourth-order valence-corrected chi connectivity index (χ4v) is 3.88. The lowest BCUT2D eigenvalue weighted by Crippen LogP contribution is -2.47. The normalized spacial score (nSPS) is 29.4. The third-order valence-corrected chi connectivity index (χ3v) is 4.88. The number of rotatable bonds is 3. The zero-order chi connectivity index (χ0) is 15.9. The van der Waals surface area contributed by atoms with Crippen molar-refractivity contribution in [1.82, 2.24) is 5.32 Å². The maximum atomic E-state index is 13.7. The molecular formula is C16H17F2NO3. The summed E-state index contributed by atoms with van der Waals surface area (Å²) in [5.41, 5.74) is -0.341. The second-order valence-corrected chi connectivity index (χ2v) is 5.98. The quantitative estimate of drug-likeness (QED) is 0.872. The van der Waals surface area contributed by atoms with Crippen molar-refractivity contribution in [2.75, 3.05) is 7.11 Å². The molecule has 1 N–H and O–H groups in total. The molecule has 0 radical (unpaired) electrons. The van der Waals surface area contributed by atoms with Gasteiger partial charge < -0.3 is 10.1 Å². The highest BCUT2D eigenvalue weighted by Crippen LogP contribution is 2.49. The SMILES string of the molecule is COC(=O)[C@@H]1[C@H]2CC[C@@H](C2)[C@@H]1NC(=O)c1cccc(F)c1F. The Morgan fingerprint density at radius 1 is 1.23 bits per heavy atom. The maximum absolute atomic E-state index is 13.7. The van der Waals surface area contributed by atoms with E-state index in [0.717, 1.165) is 25.3 Å². The van der Waals surface area contributed by atoms with E-state index in [4.69, 9.17) is 4.74 Å². The number of benzene rings is 1. The first-order valence-electron chi connectivity index (χ1n) is 7.35. The van der Waals surface area contributed by atoms with Crippen LogP contribution in [0.2, 0.25) is 0 Å². The minimum absolute atomic E-state index is 0.190. The summed E-state index contributed by atoms with van der Waals surface area (Å²) in [5, 5.41) is 2.71. The number of carbonyl (C=O) groups is 2. The van der Waals surface area contributed by atoms with Crippen LogP contribution in [0.15, 0.2) is 18.2 Å². The monoisotopic (exact) mass is 309 g/mol. The lowest BCUT2D eigenvalue weighted by Gasteiger charge is -2.29. The Labute approximate surface area is 126 Å². The van der Waals surface area contributed by atoms with Gasteiger partial charge in [-0.1, -0.05) is 6.07 Å². The summed E-state index contributed by atoms with van der Waals surface area (Å²) < 4.78 is 31.8. The molecule has 0 spiro atoms. The molecule has 118 valence electrons. The molecule has 1 aromatic rings. The highest BCUT2D eigenvalue weighted by molar-refractivity contribution is 5.95. The fraction of sp³-hybridized carbons (Fsp3) is 0.500. The van der Waals surface area contributed by atoms with Gasteiger partial charge in [0.15, 0.2) is 11.6 Å². The highest BCUT2D eigenvalue weighted by atomic mass is 19.2. The molecule has 2 fully saturated rings. The van der Waals surface area contributed by atoms with E-state index in [1.54, 1.807) is 0 Å². The van der Waals surface area contributed by atoms with Crippen LogP contribution in [0.5, 0.6) is 0 Å². The maximum Gasteiger partial charge on any atom is 0.311 e. The van der Waals surface area contributed by atoms with Gasteiger partial charge in [-0.2, -0.15) is 0 Å². The average molecular weight is 309 g/mol. The largest absolute Gasteiger partial charge is 0.469 e. The molecule has 3 rings (SSSR count). The van der Waals surface area contributed by atoms with Gasteiger partial charge in [0.05, 0.1) is 18.6 Å². The molecule has 2 aliphatic rings. The third-order valence-electron chi connectivity index (χ3n) is 4.88. The lowest BCUT2D eigenvalue weighted by atomic mass is 9.84. The smallest absolute Gasteiger partial charge is 0.311 e. The van der Waals surface area contributed by atoms with Gasteiger partial charge in [-0.05, 0) is 43.2 Å². The average Bonchev–Trinajstić information content (AvgIpc) is 3.10. The Balaban J connectivity index is 1.81. The van der Waals surface area contributed by atoms with E-state index in [-0.39, 0.29) is 29.4 Å². The fourth-order valence-electron chi connectivity index (χ4n) is 3.88. The molecule has 4 atom stereocenters. The van der Waals surface area contributed by atoms with Crippen molar-refractivity contribution in [1.29, 1.82) is 0 Å². The number of fused-ring (bicyclic) bond motifs is 2.